The Bertz CT molecular complexity index is 583. The van der Waals surface area contributed by atoms with Gasteiger partial charge in [-0.1, -0.05) is 48.4 Å². The lowest BCUT2D eigenvalue weighted by atomic mass is 9.96. The van der Waals surface area contributed by atoms with Gasteiger partial charge in [0, 0.05) is 5.56 Å². The van der Waals surface area contributed by atoms with Gasteiger partial charge >= 0.3 is 0 Å². The highest BCUT2D eigenvalue weighted by atomic mass is 14.2. The largest absolute Gasteiger partial charge is 0.192 e. The lowest BCUT2D eigenvalue weighted by Crippen LogP contribution is -1.88. The van der Waals surface area contributed by atoms with Crippen LogP contribution in [0.4, 0.5) is 0 Å². The van der Waals surface area contributed by atoms with Gasteiger partial charge < -0.3 is 0 Å². The van der Waals surface area contributed by atoms with Crippen molar-refractivity contribution in [2.75, 3.05) is 0 Å². The van der Waals surface area contributed by atoms with Crippen LogP contribution in [0.25, 0.3) is 11.1 Å². The molecule has 0 unspecified atom stereocenters. The van der Waals surface area contributed by atoms with Crippen molar-refractivity contribution in [3.63, 3.8) is 0 Å². The van der Waals surface area contributed by atoms with Crippen molar-refractivity contribution in [1.29, 1.82) is 5.26 Å². The summed E-state index contributed by atoms with van der Waals surface area (Å²) in [5, 5.41) is 8.98. The second kappa shape index (κ2) is 4.34. The third-order valence-corrected chi connectivity index (χ3v) is 2.41. The number of hydrogen-bond acceptors (Lipinski definition) is 1. The van der Waals surface area contributed by atoms with Crippen LogP contribution in [-0.2, 0) is 0 Å². The summed E-state index contributed by atoms with van der Waals surface area (Å²) < 4.78 is 0. The summed E-state index contributed by atoms with van der Waals surface area (Å²) in [7, 11) is 0. The van der Waals surface area contributed by atoms with Crippen molar-refractivity contribution in [2.45, 2.75) is 0 Å². The van der Waals surface area contributed by atoms with Gasteiger partial charge in [-0.3, -0.25) is 0 Å². The molecule has 74 valence electrons. The summed E-state index contributed by atoms with van der Waals surface area (Å²) >= 11 is 0. The standard InChI is InChI=1S/C15H9N/c1-2-14-13(11-16)9-6-10-15(14)12-7-4-3-5-8-12/h1,3-10H. The van der Waals surface area contributed by atoms with Crippen LogP contribution in [0.15, 0.2) is 48.5 Å². The second-order valence-corrected chi connectivity index (χ2v) is 3.35. The Morgan fingerprint density at radius 3 is 2.31 bits per heavy atom. The van der Waals surface area contributed by atoms with Crippen LogP contribution < -0.4 is 0 Å². The third kappa shape index (κ3) is 1.67. The molecule has 0 radical (unpaired) electrons. The van der Waals surface area contributed by atoms with Gasteiger partial charge in [-0.15, -0.1) is 6.42 Å². The van der Waals surface area contributed by atoms with Crippen molar-refractivity contribution in [3.8, 4) is 29.5 Å². The Balaban J connectivity index is 2.69. The molecule has 0 saturated heterocycles. The molecule has 0 bridgehead atoms. The van der Waals surface area contributed by atoms with Crippen molar-refractivity contribution in [3.05, 3.63) is 59.7 Å². The van der Waals surface area contributed by atoms with E-state index in [0.29, 0.717) is 11.1 Å². The van der Waals surface area contributed by atoms with Gasteiger partial charge in [0.15, 0.2) is 0 Å². The lowest BCUT2D eigenvalue weighted by Gasteiger charge is -2.05. The van der Waals surface area contributed by atoms with Crippen LogP contribution in [0.5, 0.6) is 0 Å². The first kappa shape index (κ1) is 10.0. The fourth-order valence-corrected chi connectivity index (χ4v) is 1.66. The summed E-state index contributed by atoms with van der Waals surface area (Å²) in [6.07, 6.45) is 5.46. The van der Waals surface area contributed by atoms with Gasteiger partial charge in [0.2, 0.25) is 0 Å². The highest BCUT2D eigenvalue weighted by molar-refractivity contribution is 5.74. The Kier molecular flexibility index (Phi) is 2.72. The number of nitriles is 1. The predicted molar refractivity (Wildman–Crippen MR) is 64.5 cm³/mol. The molecule has 0 saturated carbocycles. The molecule has 0 aliphatic heterocycles. The van der Waals surface area contributed by atoms with Gasteiger partial charge in [0.05, 0.1) is 5.56 Å². The molecule has 0 fully saturated rings. The smallest absolute Gasteiger partial charge is 0.100 e. The zero-order valence-corrected chi connectivity index (χ0v) is 8.64. The average molecular weight is 203 g/mol. The van der Waals surface area contributed by atoms with E-state index in [9.17, 15) is 0 Å². The quantitative estimate of drug-likeness (QED) is 0.653. The van der Waals surface area contributed by atoms with E-state index in [0.717, 1.165) is 11.1 Å². The summed E-state index contributed by atoms with van der Waals surface area (Å²) in [6, 6.07) is 17.5. The number of hydrogen-bond donors (Lipinski definition) is 0. The summed E-state index contributed by atoms with van der Waals surface area (Å²) in [4.78, 5) is 0. The molecule has 16 heavy (non-hydrogen) atoms. The molecule has 0 aliphatic rings. The first-order chi connectivity index (χ1) is 7.86. The summed E-state index contributed by atoms with van der Waals surface area (Å²) in [5.41, 5.74) is 3.18. The SMILES string of the molecule is C#Cc1c(C#N)cccc1-c1ccccc1. The highest BCUT2D eigenvalue weighted by Crippen LogP contribution is 2.25. The molecular formula is C15H9N. The van der Waals surface area contributed by atoms with Crippen LogP contribution in [0.1, 0.15) is 11.1 Å². The van der Waals surface area contributed by atoms with Crippen molar-refractivity contribution < 1.29 is 0 Å². The third-order valence-electron chi connectivity index (χ3n) is 2.41. The maximum Gasteiger partial charge on any atom is 0.100 e. The Labute approximate surface area is 95.0 Å². The molecule has 0 atom stereocenters. The Hall–Kier alpha value is -2.51. The number of nitrogens with zero attached hydrogens (tertiary/aromatic N) is 1. The molecule has 0 amide bonds. The molecule has 0 aliphatic carbocycles. The molecule has 2 aromatic carbocycles. The fourth-order valence-electron chi connectivity index (χ4n) is 1.66. The summed E-state index contributed by atoms with van der Waals surface area (Å²) in [5.74, 6) is 2.59. The van der Waals surface area contributed by atoms with Crippen molar-refractivity contribution in [1.82, 2.24) is 0 Å². The first-order valence-corrected chi connectivity index (χ1v) is 4.92. The maximum absolute atomic E-state index is 8.98. The van der Waals surface area contributed by atoms with E-state index in [2.05, 4.69) is 12.0 Å². The van der Waals surface area contributed by atoms with E-state index in [4.69, 9.17) is 11.7 Å². The van der Waals surface area contributed by atoms with Crippen LogP contribution in [0.2, 0.25) is 0 Å². The zero-order valence-electron chi connectivity index (χ0n) is 8.64. The molecule has 2 aromatic rings. The predicted octanol–water partition coefficient (Wildman–Crippen LogP) is 3.21. The summed E-state index contributed by atoms with van der Waals surface area (Å²) in [6.45, 7) is 0. The molecule has 0 N–H and O–H groups in total. The number of rotatable bonds is 1. The highest BCUT2D eigenvalue weighted by Gasteiger charge is 2.06. The zero-order chi connectivity index (χ0) is 11.4. The molecular weight excluding hydrogens is 194 g/mol. The molecule has 0 heterocycles. The van der Waals surface area contributed by atoms with E-state index in [1.165, 1.54) is 0 Å². The number of benzene rings is 2. The van der Waals surface area contributed by atoms with Gasteiger partial charge in [-0.2, -0.15) is 5.26 Å². The van der Waals surface area contributed by atoms with Gasteiger partial charge in [0.1, 0.15) is 6.07 Å². The number of terminal acetylenes is 1. The van der Waals surface area contributed by atoms with Crippen LogP contribution in [0.3, 0.4) is 0 Å². The molecule has 1 nitrogen and oxygen atoms in total. The van der Waals surface area contributed by atoms with E-state index in [-0.39, 0.29) is 0 Å². The monoisotopic (exact) mass is 203 g/mol. The van der Waals surface area contributed by atoms with Crippen molar-refractivity contribution in [2.24, 2.45) is 0 Å². The molecule has 2 rings (SSSR count). The van der Waals surface area contributed by atoms with Crippen LogP contribution >= 0.6 is 0 Å². The Morgan fingerprint density at radius 1 is 0.938 bits per heavy atom. The minimum Gasteiger partial charge on any atom is -0.192 e. The minimum absolute atomic E-state index is 0.545. The van der Waals surface area contributed by atoms with E-state index < -0.39 is 0 Å². The molecule has 0 spiro atoms. The topological polar surface area (TPSA) is 23.8 Å². The Morgan fingerprint density at radius 2 is 1.69 bits per heavy atom. The van der Waals surface area contributed by atoms with Gasteiger partial charge in [-0.05, 0) is 17.2 Å². The molecule has 0 aromatic heterocycles. The average Bonchev–Trinajstić information content (AvgIpc) is 2.38. The van der Waals surface area contributed by atoms with E-state index in [1.54, 1.807) is 6.07 Å². The second-order valence-electron chi connectivity index (χ2n) is 3.35. The lowest BCUT2D eigenvalue weighted by molar-refractivity contribution is 1.46. The molecule has 1 heteroatoms. The van der Waals surface area contributed by atoms with Crippen LogP contribution in [-0.4, -0.2) is 0 Å². The minimum atomic E-state index is 0.545. The van der Waals surface area contributed by atoms with Crippen molar-refractivity contribution >= 4 is 0 Å². The normalized spacial score (nSPS) is 9.12. The van der Waals surface area contributed by atoms with Gasteiger partial charge in [0.25, 0.3) is 0 Å². The van der Waals surface area contributed by atoms with E-state index >= 15 is 0 Å². The van der Waals surface area contributed by atoms with E-state index in [1.807, 2.05) is 42.5 Å². The van der Waals surface area contributed by atoms with Gasteiger partial charge in [-0.25, -0.2) is 0 Å². The maximum atomic E-state index is 8.98. The first-order valence-electron chi connectivity index (χ1n) is 4.92. The van der Waals surface area contributed by atoms with Crippen LogP contribution in [0, 0.1) is 23.7 Å². The fraction of sp³-hybridized carbons (Fsp3) is 0.